The highest BCUT2D eigenvalue weighted by molar-refractivity contribution is 9.09. The normalized spacial score (nSPS) is 13.1. The minimum atomic E-state index is 0.574. The molecule has 0 fully saturated rings. The molecule has 0 aliphatic heterocycles. The zero-order chi connectivity index (χ0) is 11.1. The summed E-state index contributed by atoms with van der Waals surface area (Å²) in [5.41, 5.74) is 1.35. The van der Waals surface area contributed by atoms with Crippen molar-refractivity contribution in [3.63, 3.8) is 0 Å². The third-order valence-electron chi connectivity index (χ3n) is 2.38. The summed E-state index contributed by atoms with van der Waals surface area (Å²) in [7, 11) is 0. The average molecular weight is 270 g/mol. The highest BCUT2D eigenvalue weighted by atomic mass is 79.9. The Balaban J connectivity index is 2.34. The van der Waals surface area contributed by atoms with E-state index in [2.05, 4.69) is 65.4 Å². The minimum absolute atomic E-state index is 0.574. The first kappa shape index (κ1) is 12.7. The SMILES string of the molecule is CC(C)C[C@@H](CBr)NCc1ccccc1. The molecule has 0 spiro atoms. The van der Waals surface area contributed by atoms with Gasteiger partial charge in [-0.2, -0.15) is 0 Å². The monoisotopic (exact) mass is 269 g/mol. The second kappa shape index (κ2) is 7.02. The summed E-state index contributed by atoms with van der Waals surface area (Å²) in [5.74, 6) is 0.746. The molecule has 0 heterocycles. The summed E-state index contributed by atoms with van der Waals surface area (Å²) in [4.78, 5) is 0. The van der Waals surface area contributed by atoms with Gasteiger partial charge in [-0.15, -0.1) is 0 Å². The molecule has 0 saturated carbocycles. The number of benzene rings is 1. The largest absolute Gasteiger partial charge is 0.309 e. The van der Waals surface area contributed by atoms with E-state index >= 15 is 0 Å². The second-order valence-corrected chi connectivity index (χ2v) is 4.99. The van der Waals surface area contributed by atoms with Crippen LogP contribution in [0.2, 0.25) is 0 Å². The molecule has 0 aliphatic carbocycles. The van der Waals surface area contributed by atoms with Gasteiger partial charge in [-0.3, -0.25) is 0 Å². The lowest BCUT2D eigenvalue weighted by molar-refractivity contribution is 0.448. The lowest BCUT2D eigenvalue weighted by atomic mass is 10.1. The van der Waals surface area contributed by atoms with Gasteiger partial charge in [0.05, 0.1) is 0 Å². The van der Waals surface area contributed by atoms with Crippen LogP contribution in [-0.4, -0.2) is 11.4 Å². The van der Waals surface area contributed by atoms with E-state index < -0.39 is 0 Å². The molecule has 2 heteroatoms. The Hall–Kier alpha value is -0.340. The molecule has 0 aromatic heterocycles. The quantitative estimate of drug-likeness (QED) is 0.779. The van der Waals surface area contributed by atoms with Crippen LogP contribution in [0.25, 0.3) is 0 Å². The zero-order valence-corrected chi connectivity index (χ0v) is 11.1. The fourth-order valence-electron chi connectivity index (χ4n) is 1.63. The van der Waals surface area contributed by atoms with Crippen LogP contribution in [0.1, 0.15) is 25.8 Å². The number of hydrogen-bond acceptors (Lipinski definition) is 1. The van der Waals surface area contributed by atoms with Crippen LogP contribution in [0, 0.1) is 5.92 Å². The van der Waals surface area contributed by atoms with Gasteiger partial charge in [0.1, 0.15) is 0 Å². The van der Waals surface area contributed by atoms with E-state index in [0.29, 0.717) is 6.04 Å². The topological polar surface area (TPSA) is 12.0 Å². The molecule has 0 radical (unpaired) electrons. The average Bonchev–Trinajstić information content (AvgIpc) is 2.25. The predicted octanol–water partition coefficient (Wildman–Crippen LogP) is 3.59. The summed E-state index contributed by atoms with van der Waals surface area (Å²) < 4.78 is 0. The molecule has 15 heavy (non-hydrogen) atoms. The van der Waals surface area contributed by atoms with Gasteiger partial charge < -0.3 is 5.32 Å². The Morgan fingerprint density at radius 3 is 2.40 bits per heavy atom. The van der Waals surface area contributed by atoms with Gasteiger partial charge in [0.2, 0.25) is 0 Å². The lowest BCUT2D eigenvalue weighted by Crippen LogP contribution is -2.31. The van der Waals surface area contributed by atoms with Gasteiger partial charge in [-0.25, -0.2) is 0 Å². The number of halogens is 1. The summed E-state index contributed by atoms with van der Waals surface area (Å²) in [6.45, 7) is 5.49. The van der Waals surface area contributed by atoms with Gasteiger partial charge in [-0.05, 0) is 17.9 Å². The fourth-order valence-corrected chi connectivity index (χ4v) is 2.12. The number of alkyl halides is 1. The maximum atomic E-state index is 3.57. The van der Waals surface area contributed by atoms with Crippen molar-refractivity contribution in [3.8, 4) is 0 Å². The molecule has 0 unspecified atom stereocenters. The molecule has 1 nitrogen and oxygen atoms in total. The smallest absolute Gasteiger partial charge is 0.0208 e. The van der Waals surface area contributed by atoms with Crippen LogP contribution in [0.15, 0.2) is 30.3 Å². The molecule has 84 valence electrons. The molecule has 1 rings (SSSR count). The summed E-state index contributed by atoms with van der Waals surface area (Å²) in [6, 6.07) is 11.1. The minimum Gasteiger partial charge on any atom is -0.309 e. The Morgan fingerprint density at radius 2 is 1.87 bits per heavy atom. The molecule has 0 bridgehead atoms. The van der Waals surface area contributed by atoms with Crippen LogP contribution >= 0.6 is 15.9 Å². The first-order chi connectivity index (χ1) is 7.22. The zero-order valence-electron chi connectivity index (χ0n) is 9.54. The van der Waals surface area contributed by atoms with E-state index in [1.165, 1.54) is 12.0 Å². The Bertz CT molecular complexity index is 258. The number of rotatable bonds is 6. The Morgan fingerprint density at radius 1 is 1.20 bits per heavy atom. The molecule has 1 aromatic rings. The van der Waals surface area contributed by atoms with Gasteiger partial charge in [0.15, 0.2) is 0 Å². The van der Waals surface area contributed by atoms with Crippen molar-refractivity contribution in [3.05, 3.63) is 35.9 Å². The van der Waals surface area contributed by atoms with Crippen LogP contribution in [0.4, 0.5) is 0 Å². The van der Waals surface area contributed by atoms with Gasteiger partial charge in [0.25, 0.3) is 0 Å². The summed E-state index contributed by atoms with van der Waals surface area (Å²) in [6.07, 6.45) is 1.22. The van der Waals surface area contributed by atoms with Crippen molar-refractivity contribution < 1.29 is 0 Å². The molecule has 1 N–H and O–H groups in total. The predicted molar refractivity (Wildman–Crippen MR) is 70.3 cm³/mol. The van der Waals surface area contributed by atoms with E-state index in [0.717, 1.165) is 17.8 Å². The molecule has 1 aromatic carbocycles. The first-order valence-electron chi connectivity index (χ1n) is 5.55. The molecule has 0 aliphatic rings. The third kappa shape index (κ3) is 5.33. The highest BCUT2D eigenvalue weighted by Crippen LogP contribution is 2.08. The van der Waals surface area contributed by atoms with Crippen molar-refractivity contribution in [2.24, 2.45) is 5.92 Å². The van der Waals surface area contributed by atoms with Crippen LogP contribution < -0.4 is 5.32 Å². The fraction of sp³-hybridized carbons (Fsp3) is 0.538. The molecule has 0 amide bonds. The molecule has 1 atom stereocenters. The van der Waals surface area contributed by atoms with E-state index in [9.17, 15) is 0 Å². The Kier molecular flexibility index (Phi) is 5.96. The van der Waals surface area contributed by atoms with Gasteiger partial charge in [0, 0.05) is 17.9 Å². The maximum Gasteiger partial charge on any atom is 0.0208 e. The lowest BCUT2D eigenvalue weighted by Gasteiger charge is -2.18. The third-order valence-corrected chi connectivity index (χ3v) is 3.16. The first-order valence-corrected chi connectivity index (χ1v) is 6.67. The van der Waals surface area contributed by atoms with Crippen LogP contribution in [0.5, 0.6) is 0 Å². The van der Waals surface area contributed by atoms with Crippen molar-refractivity contribution in [1.29, 1.82) is 0 Å². The van der Waals surface area contributed by atoms with Gasteiger partial charge in [-0.1, -0.05) is 60.1 Å². The van der Waals surface area contributed by atoms with Crippen LogP contribution in [-0.2, 0) is 6.54 Å². The molecular formula is C13H20BrN. The van der Waals surface area contributed by atoms with E-state index in [-0.39, 0.29) is 0 Å². The maximum absolute atomic E-state index is 3.57. The van der Waals surface area contributed by atoms with E-state index in [1.54, 1.807) is 0 Å². The van der Waals surface area contributed by atoms with Gasteiger partial charge >= 0.3 is 0 Å². The Labute approximate surface area is 101 Å². The number of nitrogens with one attached hydrogen (secondary N) is 1. The molecular weight excluding hydrogens is 250 g/mol. The summed E-state index contributed by atoms with van der Waals surface area (Å²) >= 11 is 3.56. The highest BCUT2D eigenvalue weighted by Gasteiger charge is 2.08. The van der Waals surface area contributed by atoms with Crippen molar-refractivity contribution in [1.82, 2.24) is 5.32 Å². The molecule has 0 saturated heterocycles. The summed E-state index contributed by atoms with van der Waals surface area (Å²) in [5, 5.41) is 4.60. The van der Waals surface area contributed by atoms with E-state index in [1.807, 2.05) is 0 Å². The van der Waals surface area contributed by atoms with Crippen molar-refractivity contribution in [2.75, 3.05) is 5.33 Å². The standard InChI is InChI=1S/C13H20BrN/c1-11(2)8-13(9-14)15-10-12-6-4-3-5-7-12/h3-7,11,13,15H,8-10H2,1-2H3/t13-/m0/s1. The second-order valence-electron chi connectivity index (χ2n) is 4.35. The van der Waals surface area contributed by atoms with Crippen molar-refractivity contribution in [2.45, 2.75) is 32.9 Å². The number of hydrogen-bond donors (Lipinski definition) is 1. The van der Waals surface area contributed by atoms with E-state index in [4.69, 9.17) is 0 Å². The van der Waals surface area contributed by atoms with Crippen molar-refractivity contribution >= 4 is 15.9 Å². The van der Waals surface area contributed by atoms with Crippen LogP contribution in [0.3, 0.4) is 0 Å².